The molecule has 3 aromatic rings. The van der Waals surface area contributed by atoms with E-state index in [2.05, 4.69) is 0 Å². The van der Waals surface area contributed by atoms with Crippen molar-refractivity contribution in [3.63, 3.8) is 0 Å². The van der Waals surface area contributed by atoms with Crippen molar-refractivity contribution < 1.29 is 64.2 Å². The number of carboxylic acid groups (broad SMARTS) is 1. The quantitative estimate of drug-likeness (QED) is 0.164. The summed E-state index contributed by atoms with van der Waals surface area (Å²) in [6, 6.07) is 24.4. The van der Waals surface area contributed by atoms with E-state index in [9.17, 15) is 24.5 Å². The minimum atomic E-state index is -0.796. The molecule has 0 aliphatic heterocycles. The Hall–Kier alpha value is -3.37. The third-order valence-corrected chi connectivity index (χ3v) is 7.33. The van der Waals surface area contributed by atoms with Gasteiger partial charge >= 0.3 is 47.5 Å². The number of nitro groups is 1. The van der Waals surface area contributed by atoms with Crippen molar-refractivity contribution in [2.75, 3.05) is 0 Å². The Morgan fingerprint density at radius 2 is 1.26 bits per heavy atom. The number of non-ortho nitro benzene ring substituents is 1. The molecule has 3 aromatic carbocycles. The van der Waals surface area contributed by atoms with Crippen LogP contribution in [0.25, 0.3) is 0 Å². The Bertz CT molecular complexity index is 1330. The van der Waals surface area contributed by atoms with Crippen molar-refractivity contribution in [1.82, 2.24) is 0 Å². The molecule has 0 saturated heterocycles. The molecule has 0 radical (unpaired) electrons. The fourth-order valence-electron chi connectivity index (χ4n) is 4.51. The summed E-state index contributed by atoms with van der Waals surface area (Å²) >= 11 is 0. The molecule has 0 bridgehead atoms. The normalized spacial score (nSPS) is 23.8. The molecule has 2 fully saturated rings. The van der Waals surface area contributed by atoms with Gasteiger partial charge in [-0.3, -0.25) is 19.7 Å². The average Bonchev–Trinajstić information content (AvgIpc) is 3.80. The maximum Gasteiger partial charge on any atom is 1.00 e. The van der Waals surface area contributed by atoms with Gasteiger partial charge in [0.15, 0.2) is 0 Å². The van der Waals surface area contributed by atoms with Crippen LogP contribution in [0, 0.1) is 20.9 Å². The molecule has 198 valence electrons. The van der Waals surface area contributed by atoms with Gasteiger partial charge in [-0.05, 0) is 49.9 Å². The van der Waals surface area contributed by atoms with Crippen molar-refractivity contribution in [2.45, 2.75) is 38.5 Å². The molecule has 0 aromatic heterocycles. The van der Waals surface area contributed by atoms with E-state index in [1.165, 1.54) is 24.3 Å². The van der Waals surface area contributed by atoms with Crippen LogP contribution in [-0.2, 0) is 14.3 Å². The zero-order valence-corrected chi connectivity index (χ0v) is 23.9. The van der Waals surface area contributed by atoms with Crippen molar-refractivity contribution in [3.8, 4) is 0 Å². The van der Waals surface area contributed by atoms with Crippen molar-refractivity contribution >= 4 is 23.6 Å². The minimum Gasteiger partial charge on any atom is -0.870 e. The van der Waals surface area contributed by atoms with E-state index < -0.39 is 33.7 Å². The first-order valence-electron chi connectivity index (χ1n) is 11.9. The first kappa shape index (κ1) is 31.8. The second kappa shape index (κ2) is 12.7. The van der Waals surface area contributed by atoms with Gasteiger partial charge < -0.3 is 15.3 Å². The predicted molar refractivity (Wildman–Crippen MR) is 137 cm³/mol. The molecule has 2 aliphatic carbocycles. The number of esters is 2. The molecule has 4 unspecified atom stereocenters. The summed E-state index contributed by atoms with van der Waals surface area (Å²) in [4.78, 5) is 45.3. The first-order valence-corrected chi connectivity index (χ1v) is 11.9. The van der Waals surface area contributed by atoms with E-state index in [4.69, 9.17) is 9.84 Å². The number of benzene rings is 3. The number of nitrogens with zero attached hydrogens (tertiary/aromatic N) is 1. The summed E-state index contributed by atoms with van der Waals surface area (Å²) in [7, 11) is 0. The molecule has 2 aliphatic rings. The molecule has 0 spiro atoms. The van der Waals surface area contributed by atoms with Crippen molar-refractivity contribution in [1.29, 1.82) is 0 Å². The Morgan fingerprint density at radius 1 is 0.821 bits per heavy atom. The van der Waals surface area contributed by atoms with Crippen molar-refractivity contribution in [3.05, 3.63) is 112 Å². The molecular formula is C29H28NNaO8. The predicted octanol–water partition coefficient (Wildman–Crippen LogP) is 2.56. The molecule has 9 nitrogen and oxygen atoms in total. The van der Waals surface area contributed by atoms with E-state index >= 15 is 0 Å². The van der Waals surface area contributed by atoms with Gasteiger partial charge in [-0.2, -0.15) is 0 Å². The van der Waals surface area contributed by atoms with E-state index in [1.807, 2.05) is 67.6 Å². The number of ether oxygens (including phenoxy) is 1. The Labute approximate surface area is 247 Å². The van der Waals surface area contributed by atoms with E-state index in [0.717, 1.165) is 17.5 Å². The average molecular weight is 542 g/mol. The smallest absolute Gasteiger partial charge is 0.870 e. The molecule has 39 heavy (non-hydrogen) atoms. The summed E-state index contributed by atoms with van der Waals surface area (Å²) in [5, 5.41) is 19.5. The van der Waals surface area contributed by atoms with Crippen LogP contribution in [-0.4, -0.2) is 33.4 Å². The summed E-state index contributed by atoms with van der Waals surface area (Å²) in [6.45, 7) is 3.59. The summed E-state index contributed by atoms with van der Waals surface area (Å²) < 4.78 is 4.97. The summed E-state index contributed by atoms with van der Waals surface area (Å²) in [5.74, 6) is -1.79. The number of aliphatic carboxylic acids is 1. The fourth-order valence-corrected chi connectivity index (χ4v) is 4.51. The number of hydrogen-bond acceptors (Lipinski definition) is 7. The molecule has 4 atom stereocenters. The maximum absolute atomic E-state index is 12.3. The number of carboxylic acids is 1. The fraction of sp³-hybridized carbons (Fsp3) is 0.276. The molecule has 2 saturated carbocycles. The van der Waals surface area contributed by atoms with Gasteiger partial charge in [0.1, 0.15) is 0 Å². The summed E-state index contributed by atoms with van der Waals surface area (Å²) in [5.41, 5.74) is 0.942. The Kier molecular flexibility index (Phi) is 10.3. The maximum atomic E-state index is 12.3. The van der Waals surface area contributed by atoms with Gasteiger partial charge in [0.2, 0.25) is 0 Å². The van der Waals surface area contributed by atoms with Gasteiger partial charge in [0.05, 0.1) is 21.3 Å². The van der Waals surface area contributed by atoms with Crippen LogP contribution in [0.3, 0.4) is 0 Å². The Balaban J connectivity index is 0.000000303. The number of rotatable bonds is 6. The largest absolute Gasteiger partial charge is 1.00 e. The number of carbonyl (C=O) groups excluding carboxylic acids is 2. The second-order valence-corrected chi connectivity index (χ2v) is 9.96. The van der Waals surface area contributed by atoms with Gasteiger partial charge in [-0.25, -0.2) is 4.79 Å². The van der Waals surface area contributed by atoms with Crippen LogP contribution in [0.4, 0.5) is 5.69 Å². The van der Waals surface area contributed by atoms with Crippen LogP contribution in [0.1, 0.15) is 60.0 Å². The van der Waals surface area contributed by atoms with E-state index in [0.29, 0.717) is 6.42 Å². The standard InChI is InChI=1S/C18H15NO5.C11H12O2.Na.H2O/c1-18(11-15(18)12-5-3-2-4-6-12)17(21)24-16(20)13-7-9-14(10-8-13)19(22)23;1-11(10(12)13)7-9(11)8-5-3-2-4-6-8;;/h2-10,15H,11H2,1H3;2-6,9H,7H2,1H3,(H,12,13);;1H2/q;;+1;/p-1. The van der Waals surface area contributed by atoms with Crippen LogP contribution in [0.15, 0.2) is 84.9 Å². The van der Waals surface area contributed by atoms with E-state index in [-0.39, 0.29) is 58.1 Å². The van der Waals surface area contributed by atoms with Crippen LogP contribution in [0.5, 0.6) is 0 Å². The van der Waals surface area contributed by atoms with Crippen LogP contribution in [0.2, 0.25) is 0 Å². The topological polar surface area (TPSA) is 154 Å². The number of nitro benzene ring substituents is 1. The zero-order valence-electron chi connectivity index (χ0n) is 21.9. The van der Waals surface area contributed by atoms with Gasteiger partial charge in [-0.15, -0.1) is 0 Å². The molecule has 0 heterocycles. The number of hydrogen-bond donors (Lipinski definition) is 1. The molecule has 2 N–H and O–H groups in total. The number of carbonyl (C=O) groups is 3. The van der Waals surface area contributed by atoms with Gasteiger partial charge in [0.25, 0.3) is 5.69 Å². The third-order valence-electron chi connectivity index (χ3n) is 7.33. The van der Waals surface area contributed by atoms with Crippen molar-refractivity contribution in [2.24, 2.45) is 10.8 Å². The minimum absolute atomic E-state index is 0. The van der Waals surface area contributed by atoms with E-state index in [1.54, 1.807) is 6.92 Å². The van der Waals surface area contributed by atoms with Crippen LogP contribution >= 0.6 is 0 Å². The third kappa shape index (κ3) is 6.99. The molecule has 5 rings (SSSR count). The molecule has 0 amide bonds. The zero-order chi connectivity index (χ0) is 26.8. The monoisotopic (exact) mass is 541 g/mol. The molecular weight excluding hydrogens is 513 g/mol. The second-order valence-electron chi connectivity index (χ2n) is 9.96. The first-order chi connectivity index (χ1) is 17.6. The SMILES string of the molecule is CC1(C(=O)O)CC1c1ccccc1.CC1(C(=O)OC(=O)c2ccc([N+](=O)[O-])cc2)CC1c1ccccc1.[Na+].[OH-]. The van der Waals surface area contributed by atoms with Gasteiger partial charge in [-0.1, -0.05) is 60.7 Å². The van der Waals surface area contributed by atoms with Crippen LogP contribution < -0.4 is 29.6 Å². The molecule has 10 heteroatoms. The Morgan fingerprint density at radius 3 is 1.67 bits per heavy atom. The summed E-state index contributed by atoms with van der Waals surface area (Å²) in [6.07, 6.45) is 1.40. The van der Waals surface area contributed by atoms with Gasteiger partial charge in [0, 0.05) is 24.0 Å².